The lowest BCUT2D eigenvalue weighted by Gasteiger charge is -2.11. The molecule has 0 aliphatic carbocycles. The van der Waals surface area contributed by atoms with Gasteiger partial charge in [0.2, 0.25) is 0 Å². The molecule has 0 aliphatic rings. The summed E-state index contributed by atoms with van der Waals surface area (Å²) in [7, 11) is 1.47. The number of fused-ring (bicyclic) bond motifs is 1. The number of aromatic carboxylic acids is 1. The maximum absolute atomic E-state index is 12.7. The van der Waals surface area contributed by atoms with E-state index in [1.807, 2.05) is 30.3 Å². The number of ether oxygens (including phenoxy) is 1. The number of carbonyl (C=O) groups is 1. The van der Waals surface area contributed by atoms with Crippen molar-refractivity contribution in [3.05, 3.63) is 51.6 Å². The molecule has 0 radical (unpaired) electrons. The fourth-order valence-corrected chi connectivity index (χ4v) is 3.14. The number of nitrogens with zero attached hydrogens (tertiary/aromatic N) is 2. The van der Waals surface area contributed by atoms with Gasteiger partial charge in [0.05, 0.1) is 10.9 Å². The van der Waals surface area contributed by atoms with Crippen LogP contribution in [0.1, 0.15) is 10.4 Å². The summed E-state index contributed by atoms with van der Waals surface area (Å²) in [5.74, 6) is -0.680. The molecule has 0 aliphatic heterocycles. The molecule has 0 bridgehead atoms. The smallest absolute Gasteiger partial charge is 0.337 e. The predicted octanol–water partition coefficient (Wildman–Crippen LogP) is 2.43. The Labute approximate surface area is 129 Å². The first-order chi connectivity index (χ1) is 10.6. The summed E-state index contributed by atoms with van der Waals surface area (Å²) in [5, 5.41) is 10.8. The molecule has 0 unspecified atom stereocenters. The summed E-state index contributed by atoms with van der Waals surface area (Å²) in [6, 6.07) is 9.24. The molecular formula is C15H12N2O4S. The first-order valence-electron chi connectivity index (χ1n) is 6.43. The largest absolute Gasteiger partial charge is 0.478 e. The molecule has 1 aromatic carbocycles. The Kier molecular flexibility index (Phi) is 3.74. The topological polar surface area (TPSA) is 81.4 Å². The molecule has 0 fully saturated rings. The van der Waals surface area contributed by atoms with E-state index in [1.54, 1.807) is 0 Å². The van der Waals surface area contributed by atoms with Crippen LogP contribution in [-0.2, 0) is 11.5 Å². The van der Waals surface area contributed by atoms with Crippen molar-refractivity contribution in [1.29, 1.82) is 0 Å². The van der Waals surface area contributed by atoms with Crippen molar-refractivity contribution >= 4 is 27.5 Å². The van der Waals surface area contributed by atoms with Gasteiger partial charge in [-0.05, 0) is 0 Å². The predicted molar refractivity (Wildman–Crippen MR) is 83.3 cm³/mol. The lowest BCUT2D eigenvalue weighted by Crippen LogP contribution is -2.24. The second-order valence-electron chi connectivity index (χ2n) is 4.59. The van der Waals surface area contributed by atoms with Crippen LogP contribution in [0.15, 0.2) is 40.5 Å². The van der Waals surface area contributed by atoms with Gasteiger partial charge in [0.1, 0.15) is 17.4 Å². The van der Waals surface area contributed by atoms with E-state index < -0.39 is 11.5 Å². The molecule has 0 saturated carbocycles. The number of methoxy groups -OCH3 is 1. The fourth-order valence-electron chi connectivity index (χ4n) is 2.24. The lowest BCUT2D eigenvalue weighted by molar-refractivity contribution is 0.0699. The van der Waals surface area contributed by atoms with Gasteiger partial charge in [-0.2, -0.15) is 0 Å². The van der Waals surface area contributed by atoms with Crippen LogP contribution < -0.4 is 5.56 Å². The Morgan fingerprint density at radius 1 is 1.36 bits per heavy atom. The van der Waals surface area contributed by atoms with Crippen LogP contribution in [0.3, 0.4) is 0 Å². The minimum atomic E-state index is -1.14. The van der Waals surface area contributed by atoms with E-state index in [-0.39, 0.29) is 17.7 Å². The van der Waals surface area contributed by atoms with Gasteiger partial charge in [0.15, 0.2) is 0 Å². The van der Waals surface area contributed by atoms with Crippen molar-refractivity contribution in [2.75, 3.05) is 7.11 Å². The standard InChI is InChI=1S/C15H12N2O4S/c1-21-8-17-12(9-5-3-2-4-6-9)16-13-11(14(17)18)10(7-22-13)15(19)20/h2-7H,8H2,1H3,(H,19,20). The van der Waals surface area contributed by atoms with Crippen molar-refractivity contribution in [1.82, 2.24) is 9.55 Å². The molecule has 2 heterocycles. The molecule has 0 saturated heterocycles. The number of thiophene rings is 1. The minimum absolute atomic E-state index is 0.000899. The Hall–Kier alpha value is -2.51. The Balaban J connectivity index is 2.36. The highest BCUT2D eigenvalue weighted by atomic mass is 32.1. The van der Waals surface area contributed by atoms with Gasteiger partial charge in [0.25, 0.3) is 5.56 Å². The number of aromatic nitrogens is 2. The fraction of sp³-hybridized carbons (Fsp3) is 0.133. The van der Waals surface area contributed by atoms with Crippen LogP contribution in [0.4, 0.5) is 0 Å². The highest BCUT2D eigenvalue weighted by molar-refractivity contribution is 7.17. The van der Waals surface area contributed by atoms with Gasteiger partial charge in [0, 0.05) is 18.1 Å². The normalized spacial score (nSPS) is 11.0. The highest BCUT2D eigenvalue weighted by Gasteiger charge is 2.20. The number of hydrogen-bond acceptors (Lipinski definition) is 5. The summed E-state index contributed by atoms with van der Waals surface area (Å²) >= 11 is 1.15. The zero-order valence-electron chi connectivity index (χ0n) is 11.6. The summed E-state index contributed by atoms with van der Waals surface area (Å²) in [6.45, 7) is 0.000899. The van der Waals surface area contributed by atoms with E-state index in [0.29, 0.717) is 10.7 Å². The summed E-state index contributed by atoms with van der Waals surface area (Å²) in [4.78, 5) is 28.8. The first kappa shape index (κ1) is 14.4. The molecule has 22 heavy (non-hydrogen) atoms. The molecule has 0 spiro atoms. The van der Waals surface area contributed by atoms with Crippen molar-refractivity contribution < 1.29 is 14.6 Å². The Bertz CT molecular complexity index is 899. The monoisotopic (exact) mass is 316 g/mol. The molecule has 3 aromatic rings. The van der Waals surface area contributed by atoms with E-state index in [9.17, 15) is 14.7 Å². The van der Waals surface area contributed by atoms with E-state index in [4.69, 9.17) is 4.74 Å². The third kappa shape index (κ3) is 2.30. The highest BCUT2D eigenvalue weighted by Crippen LogP contribution is 2.25. The number of carboxylic acid groups (broad SMARTS) is 1. The van der Waals surface area contributed by atoms with Crippen LogP contribution in [0, 0.1) is 0 Å². The second-order valence-corrected chi connectivity index (χ2v) is 5.45. The molecule has 0 amide bonds. The Morgan fingerprint density at radius 2 is 2.09 bits per heavy atom. The lowest BCUT2D eigenvalue weighted by atomic mass is 10.2. The van der Waals surface area contributed by atoms with E-state index in [2.05, 4.69) is 4.98 Å². The summed E-state index contributed by atoms with van der Waals surface area (Å²) < 4.78 is 6.42. The van der Waals surface area contributed by atoms with E-state index in [1.165, 1.54) is 17.1 Å². The van der Waals surface area contributed by atoms with Crippen molar-refractivity contribution in [2.24, 2.45) is 0 Å². The van der Waals surface area contributed by atoms with Gasteiger partial charge in [-0.3, -0.25) is 9.36 Å². The zero-order chi connectivity index (χ0) is 15.7. The van der Waals surface area contributed by atoms with Crippen LogP contribution in [0.2, 0.25) is 0 Å². The quantitative estimate of drug-likeness (QED) is 0.799. The number of hydrogen-bond donors (Lipinski definition) is 1. The van der Waals surface area contributed by atoms with Crippen LogP contribution in [0.5, 0.6) is 0 Å². The number of benzene rings is 1. The van der Waals surface area contributed by atoms with Crippen LogP contribution >= 0.6 is 11.3 Å². The van der Waals surface area contributed by atoms with Crippen LogP contribution in [-0.4, -0.2) is 27.7 Å². The average Bonchev–Trinajstić information content (AvgIpc) is 2.95. The molecule has 3 rings (SSSR count). The molecular weight excluding hydrogens is 304 g/mol. The molecule has 2 aromatic heterocycles. The van der Waals surface area contributed by atoms with Gasteiger partial charge < -0.3 is 9.84 Å². The van der Waals surface area contributed by atoms with Crippen molar-refractivity contribution in [3.8, 4) is 11.4 Å². The van der Waals surface area contributed by atoms with E-state index >= 15 is 0 Å². The van der Waals surface area contributed by atoms with Crippen molar-refractivity contribution in [3.63, 3.8) is 0 Å². The maximum atomic E-state index is 12.7. The molecule has 0 atom stereocenters. The SMILES string of the molecule is COCn1c(-c2ccccc2)nc2scc(C(=O)O)c2c1=O. The summed E-state index contributed by atoms with van der Waals surface area (Å²) in [6.07, 6.45) is 0. The molecule has 6 nitrogen and oxygen atoms in total. The minimum Gasteiger partial charge on any atom is -0.478 e. The van der Waals surface area contributed by atoms with Gasteiger partial charge in [-0.1, -0.05) is 30.3 Å². The molecule has 1 N–H and O–H groups in total. The van der Waals surface area contributed by atoms with Crippen LogP contribution in [0.25, 0.3) is 21.6 Å². The maximum Gasteiger partial charge on any atom is 0.337 e. The van der Waals surface area contributed by atoms with Gasteiger partial charge in [-0.15, -0.1) is 11.3 Å². The second kappa shape index (κ2) is 5.70. The van der Waals surface area contributed by atoms with Gasteiger partial charge in [-0.25, -0.2) is 9.78 Å². The van der Waals surface area contributed by atoms with E-state index in [0.717, 1.165) is 16.9 Å². The zero-order valence-corrected chi connectivity index (χ0v) is 12.5. The summed E-state index contributed by atoms with van der Waals surface area (Å²) in [5.41, 5.74) is 0.329. The number of rotatable bonds is 4. The average molecular weight is 316 g/mol. The first-order valence-corrected chi connectivity index (χ1v) is 7.31. The van der Waals surface area contributed by atoms with Crippen molar-refractivity contribution in [2.45, 2.75) is 6.73 Å². The van der Waals surface area contributed by atoms with Gasteiger partial charge >= 0.3 is 5.97 Å². The third-order valence-electron chi connectivity index (χ3n) is 3.21. The third-order valence-corrected chi connectivity index (χ3v) is 4.09. The molecule has 112 valence electrons. The molecule has 7 heteroatoms. The number of carboxylic acids is 1. The Morgan fingerprint density at radius 3 is 2.73 bits per heavy atom.